The molecule has 2 aliphatic carbocycles. The Kier molecular flexibility index (Phi) is 9.60. The summed E-state index contributed by atoms with van der Waals surface area (Å²) in [6, 6.07) is 62.1. The molecule has 0 amide bonds. The second-order valence-corrected chi connectivity index (χ2v) is 15.7. The van der Waals surface area contributed by atoms with Crippen LogP contribution >= 0.6 is 0 Å². The Morgan fingerprint density at radius 2 is 1.10 bits per heavy atom. The van der Waals surface area contributed by atoms with E-state index in [9.17, 15) is 0 Å². The lowest BCUT2D eigenvalue weighted by molar-refractivity contribution is 0.986. The number of nitrogens with zero attached hydrogens (tertiary/aromatic N) is 1. The zero-order valence-corrected chi connectivity index (χ0v) is 33.4. The minimum atomic E-state index is 0.821. The molecule has 2 N–H and O–H groups in total. The van der Waals surface area contributed by atoms with Crippen molar-refractivity contribution in [2.45, 2.75) is 32.6 Å². The predicted molar refractivity (Wildman–Crippen MR) is 253 cm³/mol. The summed E-state index contributed by atoms with van der Waals surface area (Å²) in [5.74, 6) is 0. The monoisotopic (exact) mass is 758 g/mol. The number of nitrogens with two attached hydrogens (primary N) is 1. The highest BCUT2D eigenvalue weighted by Crippen LogP contribution is 2.47. The van der Waals surface area contributed by atoms with Gasteiger partial charge >= 0.3 is 0 Å². The van der Waals surface area contributed by atoms with Crippen molar-refractivity contribution in [2.75, 3.05) is 10.6 Å². The SMILES string of the molecule is Cc1c(N)cc(-c2ccc(-c3ccc(N(c4ccc(-c5ccccc5)cc4)c4ccc5c(c4-c4ccccc4)C=CCC5)cc3C3=CCCC=C3)cc2)c2ccccc12. The van der Waals surface area contributed by atoms with E-state index in [1.165, 1.54) is 66.4 Å². The van der Waals surface area contributed by atoms with Gasteiger partial charge in [0.25, 0.3) is 0 Å². The van der Waals surface area contributed by atoms with Crippen LogP contribution < -0.4 is 10.6 Å². The minimum Gasteiger partial charge on any atom is -0.398 e. The third kappa shape index (κ3) is 6.87. The zero-order chi connectivity index (χ0) is 39.7. The molecule has 59 heavy (non-hydrogen) atoms. The van der Waals surface area contributed by atoms with Gasteiger partial charge in [-0.15, -0.1) is 0 Å². The maximum Gasteiger partial charge on any atom is 0.0546 e. The molecule has 0 radical (unpaired) electrons. The van der Waals surface area contributed by atoms with Crippen LogP contribution in [0.4, 0.5) is 22.7 Å². The number of rotatable bonds is 8. The van der Waals surface area contributed by atoms with E-state index in [0.29, 0.717) is 0 Å². The smallest absolute Gasteiger partial charge is 0.0546 e. The molecule has 2 nitrogen and oxygen atoms in total. The summed E-state index contributed by atoms with van der Waals surface area (Å²) >= 11 is 0. The number of hydrogen-bond acceptors (Lipinski definition) is 2. The summed E-state index contributed by atoms with van der Waals surface area (Å²) in [6.45, 7) is 2.11. The molecule has 0 fully saturated rings. The Balaban J connectivity index is 1.14. The Bertz CT molecular complexity index is 2920. The summed E-state index contributed by atoms with van der Waals surface area (Å²) < 4.78 is 0. The van der Waals surface area contributed by atoms with Gasteiger partial charge < -0.3 is 10.6 Å². The lowest BCUT2D eigenvalue weighted by Gasteiger charge is -2.31. The van der Waals surface area contributed by atoms with E-state index in [1.807, 2.05) is 0 Å². The Labute approximate surface area is 347 Å². The molecule has 0 heterocycles. The fourth-order valence-electron chi connectivity index (χ4n) is 9.04. The van der Waals surface area contributed by atoms with Crippen molar-refractivity contribution >= 4 is 45.2 Å². The fourth-order valence-corrected chi connectivity index (χ4v) is 9.04. The molecule has 10 rings (SSSR count). The molecule has 0 aliphatic heterocycles. The standard InChI is InChI=1S/C57H46N2/c1-39-49-22-13-14-24-52(49)54(38-55(39)58)45-27-25-44(26-28-45)50-35-34-48(37-53(50)42-17-7-3-8-18-42)59(47-32-29-41(30-33-47)40-15-5-2-6-16-40)56-36-31-43-19-11-12-23-51(43)57(56)46-20-9-4-10-21-46/h2,4-7,9-10,12-18,20-38H,3,8,11,19,58H2,1H3. The van der Waals surface area contributed by atoms with Gasteiger partial charge in [0.1, 0.15) is 0 Å². The summed E-state index contributed by atoms with van der Waals surface area (Å²) in [5.41, 5.74) is 26.7. The van der Waals surface area contributed by atoms with Gasteiger partial charge in [-0.2, -0.15) is 0 Å². The van der Waals surface area contributed by atoms with Crippen molar-refractivity contribution in [3.63, 3.8) is 0 Å². The number of allylic oxidation sites excluding steroid dienone is 5. The number of anilines is 4. The molecular weight excluding hydrogens is 713 g/mol. The molecule has 8 aromatic rings. The number of benzene rings is 8. The molecule has 0 saturated heterocycles. The fraction of sp³-hybridized carbons (Fsp3) is 0.0877. The average Bonchev–Trinajstić information content (AvgIpc) is 3.31. The molecule has 0 aromatic heterocycles. The summed E-state index contributed by atoms with van der Waals surface area (Å²) in [5, 5.41) is 2.42. The van der Waals surface area contributed by atoms with Gasteiger partial charge in [-0.25, -0.2) is 0 Å². The quantitative estimate of drug-likeness (QED) is 0.156. The molecule has 0 atom stereocenters. The first kappa shape index (κ1) is 36.2. The van der Waals surface area contributed by atoms with E-state index in [0.717, 1.165) is 65.1 Å². The van der Waals surface area contributed by atoms with Crippen LogP contribution in [0.15, 0.2) is 194 Å². The van der Waals surface area contributed by atoms with E-state index in [1.54, 1.807) is 0 Å². The van der Waals surface area contributed by atoms with Crippen molar-refractivity contribution in [2.24, 2.45) is 0 Å². The van der Waals surface area contributed by atoms with Crippen LogP contribution in [-0.4, -0.2) is 0 Å². The third-order valence-corrected chi connectivity index (χ3v) is 12.1. The molecule has 2 aliphatic rings. The topological polar surface area (TPSA) is 29.3 Å². The first-order valence-corrected chi connectivity index (χ1v) is 20.8. The predicted octanol–water partition coefficient (Wildman–Crippen LogP) is 15.6. The highest BCUT2D eigenvalue weighted by Gasteiger charge is 2.24. The molecular formula is C57H46N2. The van der Waals surface area contributed by atoms with Crippen molar-refractivity contribution < 1.29 is 0 Å². The van der Waals surface area contributed by atoms with E-state index in [4.69, 9.17) is 5.73 Å². The number of nitrogen functional groups attached to an aromatic ring is 1. The molecule has 8 aromatic carbocycles. The summed E-state index contributed by atoms with van der Waals surface area (Å²) in [7, 11) is 0. The van der Waals surface area contributed by atoms with Crippen molar-refractivity contribution in [3.8, 4) is 44.5 Å². The lowest BCUT2D eigenvalue weighted by atomic mass is 9.87. The third-order valence-electron chi connectivity index (χ3n) is 12.1. The first-order valence-electron chi connectivity index (χ1n) is 20.8. The number of hydrogen-bond donors (Lipinski definition) is 1. The highest BCUT2D eigenvalue weighted by molar-refractivity contribution is 6.02. The lowest BCUT2D eigenvalue weighted by Crippen LogP contribution is -2.13. The van der Waals surface area contributed by atoms with Crippen LogP contribution in [-0.2, 0) is 6.42 Å². The second-order valence-electron chi connectivity index (χ2n) is 15.7. The van der Waals surface area contributed by atoms with Gasteiger partial charge in [0.15, 0.2) is 0 Å². The molecule has 284 valence electrons. The Morgan fingerprint density at radius 3 is 1.83 bits per heavy atom. The van der Waals surface area contributed by atoms with E-state index < -0.39 is 0 Å². The minimum absolute atomic E-state index is 0.821. The molecule has 0 saturated carbocycles. The van der Waals surface area contributed by atoms with Gasteiger partial charge in [-0.3, -0.25) is 0 Å². The summed E-state index contributed by atoms with van der Waals surface area (Å²) in [6.07, 6.45) is 15.9. The van der Waals surface area contributed by atoms with Gasteiger partial charge in [0, 0.05) is 22.6 Å². The summed E-state index contributed by atoms with van der Waals surface area (Å²) in [4.78, 5) is 2.47. The van der Waals surface area contributed by atoms with E-state index >= 15 is 0 Å². The maximum atomic E-state index is 6.56. The van der Waals surface area contributed by atoms with Crippen molar-refractivity contribution in [1.29, 1.82) is 0 Å². The van der Waals surface area contributed by atoms with Crippen LogP contribution in [0.3, 0.4) is 0 Å². The molecule has 0 bridgehead atoms. The average molecular weight is 759 g/mol. The van der Waals surface area contributed by atoms with Gasteiger partial charge in [-0.05, 0) is 147 Å². The van der Waals surface area contributed by atoms with Crippen LogP contribution in [0.1, 0.15) is 41.5 Å². The van der Waals surface area contributed by atoms with Gasteiger partial charge in [0.05, 0.1) is 5.69 Å². The molecule has 0 unspecified atom stereocenters. The first-order chi connectivity index (χ1) is 29.1. The van der Waals surface area contributed by atoms with E-state index in [2.05, 4.69) is 212 Å². The van der Waals surface area contributed by atoms with Crippen molar-refractivity contribution in [1.82, 2.24) is 0 Å². The van der Waals surface area contributed by atoms with E-state index in [-0.39, 0.29) is 0 Å². The number of fused-ring (bicyclic) bond motifs is 2. The largest absolute Gasteiger partial charge is 0.398 e. The second kappa shape index (κ2) is 15.6. The van der Waals surface area contributed by atoms with Crippen LogP contribution in [0, 0.1) is 6.92 Å². The van der Waals surface area contributed by atoms with Crippen LogP contribution in [0.25, 0.3) is 66.9 Å². The number of aryl methyl sites for hydroxylation is 2. The zero-order valence-electron chi connectivity index (χ0n) is 33.4. The Hall–Kier alpha value is -7.16. The van der Waals surface area contributed by atoms with Crippen LogP contribution in [0.5, 0.6) is 0 Å². The van der Waals surface area contributed by atoms with Gasteiger partial charge in [0.2, 0.25) is 0 Å². The van der Waals surface area contributed by atoms with Crippen LogP contribution in [0.2, 0.25) is 0 Å². The Morgan fingerprint density at radius 1 is 0.475 bits per heavy atom. The highest BCUT2D eigenvalue weighted by atomic mass is 15.1. The molecule has 2 heteroatoms. The van der Waals surface area contributed by atoms with Crippen molar-refractivity contribution in [3.05, 3.63) is 216 Å². The maximum absolute atomic E-state index is 6.56. The normalized spacial score (nSPS) is 13.3. The molecule has 0 spiro atoms. The van der Waals surface area contributed by atoms with Gasteiger partial charge in [-0.1, -0.05) is 164 Å².